The van der Waals surface area contributed by atoms with E-state index >= 15 is 0 Å². The van der Waals surface area contributed by atoms with E-state index in [4.69, 9.17) is 4.74 Å². The summed E-state index contributed by atoms with van der Waals surface area (Å²) in [4.78, 5) is 31.2. The van der Waals surface area contributed by atoms with Crippen LogP contribution in [0.3, 0.4) is 0 Å². The van der Waals surface area contributed by atoms with Crippen LogP contribution in [-0.4, -0.2) is 52.5 Å². The molecule has 1 N–H and O–H groups in total. The zero-order valence-corrected chi connectivity index (χ0v) is 16.5. The van der Waals surface area contributed by atoms with Gasteiger partial charge in [0.05, 0.1) is 13.4 Å². The van der Waals surface area contributed by atoms with Gasteiger partial charge in [-0.05, 0) is 37.5 Å². The molecule has 0 bridgehead atoms. The maximum absolute atomic E-state index is 12.7. The van der Waals surface area contributed by atoms with Crippen LogP contribution in [0.1, 0.15) is 36.5 Å². The maximum atomic E-state index is 12.7. The van der Waals surface area contributed by atoms with E-state index in [1.54, 1.807) is 31.8 Å². The van der Waals surface area contributed by atoms with Crippen molar-refractivity contribution < 1.29 is 14.3 Å². The van der Waals surface area contributed by atoms with Crippen molar-refractivity contribution in [3.8, 4) is 5.75 Å². The molecule has 2 aromatic rings. The number of amides is 2. The smallest absolute Gasteiger partial charge is 0.253 e. The molecule has 1 fully saturated rings. The number of carbonyl (C=O) groups excluding carboxylic acids is 2. The standard InChI is InChI=1S/C21H28N4O3/c1-3-18(14-24-12-9-22-15-24)23-20(26)16-7-10-25(11-8-16)21(27)17-5-4-6-19(13-17)28-2/h4-6,9,12-13,15-16,18H,3,7-8,10-11,14H2,1-2H3,(H,23,26)/t18-/m1/s1. The Hall–Kier alpha value is -2.83. The second-order valence-corrected chi connectivity index (χ2v) is 7.17. The van der Waals surface area contributed by atoms with Crippen molar-refractivity contribution in [3.63, 3.8) is 0 Å². The van der Waals surface area contributed by atoms with E-state index < -0.39 is 0 Å². The number of nitrogens with one attached hydrogen (secondary N) is 1. The Morgan fingerprint density at radius 1 is 1.32 bits per heavy atom. The van der Waals surface area contributed by atoms with Crippen LogP contribution in [0.4, 0.5) is 0 Å². The Balaban J connectivity index is 1.51. The first kappa shape index (κ1) is 19.9. The Bertz CT molecular complexity index is 783. The van der Waals surface area contributed by atoms with Crippen molar-refractivity contribution >= 4 is 11.8 Å². The number of benzene rings is 1. The van der Waals surface area contributed by atoms with Crippen molar-refractivity contribution in [3.05, 3.63) is 48.5 Å². The Morgan fingerprint density at radius 3 is 2.75 bits per heavy atom. The number of aromatic nitrogens is 2. The number of hydrogen-bond acceptors (Lipinski definition) is 4. The summed E-state index contributed by atoms with van der Waals surface area (Å²) >= 11 is 0. The van der Waals surface area contributed by atoms with Gasteiger partial charge >= 0.3 is 0 Å². The van der Waals surface area contributed by atoms with Crippen molar-refractivity contribution in [2.75, 3.05) is 20.2 Å². The molecule has 0 unspecified atom stereocenters. The Labute approximate surface area is 165 Å². The normalized spacial score (nSPS) is 15.9. The quantitative estimate of drug-likeness (QED) is 0.795. The van der Waals surface area contributed by atoms with Crippen molar-refractivity contribution in [1.82, 2.24) is 19.8 Å². The molecule has 0 radical (unpaired) electrons. The molecule has 28 heavy (non-hydrogen) atoms. The van der Waals surface area contributed by atoms with Crippen LogP contribution in [0.25, 0.3) is 0 Å². The fraction of sp³-hybridized carbons (Fsp3) is 0.476. The number of ether oxygens (including phenoxy) is 1. The minimum Gasteiger partial charge on any atom is -0.497 e. The summed E-state index contributed by atoms with van der Waals surface area (Å²) < 4.78 is 7.17. The first-order valence-electron chi connectivity index (χ1n) is 9.80. The molecule has 150 valence electrons. The molecular formula is C21H28N4O3. The molecule has 1 atom stereocenters. The number of likely N-dealkylation sites (tertiary alicyclic amines) is 1. The van der Waals surface area contributed by atoms with Crippen LogP contribution in [0.2, 0.25) is 0 Å². The zero-order valence-electron chi connectivity index (χ0n) is 16.5. The lowest BCUT2D eigenvalue weighted by atomic mass is 9.95. The third-order valence-electron chi connectivity index (χ3n) is 5.30. The van der Waals surface area contributed by atoms with Gasteiger partial charge < -0.3 is 19.5 Å². The van der Waals surface area contributed by atoms with Crippen LogP contribution < -0.4 is 10.1 Å². The summed E-state index contributed by atoms with van der Waals surface area (Å²) in [6.07, 6.45) is 7.63. The van der Waals surface area contributed by atoms with Crippen LogP contribution >= 0.6 is 0 Å². The SMILES string of the molecule is CC[C@H](Cn1ccnc1)NC(=O)C1CCN(C(=O)c2cccc(OC)c2)CC1. The number of nitrogens with zero attached hydrogens (tertiary/aromatic N) is 3. The lowest BCUT2D eigenvalue weighted by molar-refractivity contribution is -0.127. The predicted octanol–water partition coefficient (Wildman–Crippen LogP) is 2.34. The van der Waals surface area contributed by atoms with Gasteiger partial charge in [0.1, 0.15) is 5.75 Å². The topological polar surface area (TPSA) is 76.5 Å². The van der Waals surface area contributed by atoms with Gasteiger partial charge in [0.15, 0.2) is 0 Å². The average Bonchev–Trinajstić information content (AvgIpc) is 3.26. The predicted molar refractivity (Wildman–Crippen MR) is 106 cm³/mol. The van der Waals surface area contributed by atoms with E-state index in [2.05, 4.69) is 17.2 Å². The number of piperidine rings is 1. The second-order valence-electron chi connectivity index (χ2n) is 7.17. The molecule has 0 aliphatic carbocycles. The molecule has 1 aromatic heterocycles. The molecule has 1 aromatic carbocycles. The molecule has 1 aliphatic rings. The molecule has 1 aliphatic heterocycles. The van der Waals surface area contributed by atoms with Gasteiger partial charge in [-0.15, -0.1) is 0 Å². The van der Waals surface area contributed by atoms with Gasteiger partial charge in [0.2, 0.25) is 5.91 Å². The first-order chi connectivity index (χ1) is 13.6. The maximum Gasteiger partial charge on any atom is 0.253 e. The van der Waals surface area contributed by atoms with Gasteiger partial charge in [-0.25, -0.2) is 4.98 Å². The van der Waals surface area contributed by atoms with E-state index in [-0.39, 0.29) is 23.8 Å². The molecular weight excluding hydrogens is 356 g/mol. The minimum atomic E-state index is -0.0498. The van der Waals surface area contributed by atoms with E-state index in [0.717, 1.165) is 13.0 Å². The summed E-state index contributed by atoms with van der Waals surface area (Å²) in [5.41, 5.74) is 0.619. The van der Waals surface area contributed by atoms with Crippen LogP contribution in [0.15, 0.2) is 43.0 Å². The van der Waals surface area contributed by atoms with E-state index in [1.165, 1.54) is 0 Å². The van der Waals surface area contributed by atoms with E-state index in [1.807, 2.05) is 27.8 Å². The molecule has 0 saturated carbocycles. The van der Waals surface area contributed by atoms with Gasteiger partial charge in [0, 0.05) is 49.6 Å². The monoisotopic (exact) mass is 384 g/mol. The van der Waals surface area contributed by atoms with Crippen LogP contribution in [0.5, 0.6) is 5.75 Å². The minimum absolute atomic E-state index is 0.00991. The summed E-state index contributed by atoms with van der Waals surface area (Å²) in [5.74, 6) is 0.694. The number of carbonyl (C=O) groups is 2. The van der Waals surface area contributed by atoms with Gasteiger partial charge in [-0.2, -0.15) is 0 Å². The van der Waals surface area contributed by atoms with Gasteiger partial charge in [-0.1, -0.05) is 13.0 Å². The first-order valence-corrected chi connectivity index (χ1v) is 9.80. The Kier molecular flexibility index (Phi) is 6.68. The highest BCUT2D eigenvalue weighted by atomic mass is 16.5. The number of rotatable bonds is 7. The van der Waals surface area contributed by atoms with Crippen LogP contribution in [0, 0.1) is 5.92 Å². The highest BCUT2D eigenvalue weighted by molar-refractivity contribution is 5.94. The third-order valence-corrected chi connectivity index (χ3v) is 5.30. The molecule has 0 spiro atoms. The summed E-state index contributed by atoms with van der Waals surface area (Å²) in [5, 5.41) is 3.16. The number of hydrogen-bond donors (Lipinski definition) is 1. The summed E-state index contributed by atoms with van der Waals surface area (Å²) in [6.45, 7) is 3.96. The highest BCUT2D eigenvalue weighted by Crippen LogP contribution is 2.21. The van der Waals surface area contributed by atoms with Crippen LogP contribution in [-0.2, 0) is 11.3 Å². The molecule has 2 heterocycles. The number of methoxy groups -OCH3 is 1. The van der Waals surface area contributed by atoms with E-state index in [9.17, 15) is 9.59 Å². The Morgan fingerprint density at radius 2 is 2.11 bits per heavy atom. The molecule has 1 saturated heterocycles. The fourth-order valence-corrected chi connectivity index (χ4v) is 3.53. The zero-order chi connectivity index (χ0) is 19.9. The average molecular weight is 384 g/mol. The second kappa shape index (κ2) is 9.39. The van der Waals surface area contributed by atoms with Gasteiger partial charge in [-0.3, -0.25) is 9.59 Å². The van der Waals surface area contributed by atoms with Gasteiger partial charge in [0.25, 0.3) is 5.91 Å². The van der Waals surface area contributed by atoms with Crippen molar-refractivity contribution in [2.45, 2.75) is 38.8 Å². The lowest BCUT2D eigenvalue weighted by Crippen LogP contribution is -2.46. The van der Waals surface area contributed by atoms with Crippen molar-refractivity contribution in [2.24, 2.45) is 5.92 Å². The lowest BCUT2D eigenvalue weighted by Gasteiger charge is -2.32. The molecule has 7 heteroatoms. The highest BCUT2D eigenvalue weighted by Gasteiger charge is 2.28. The van der Waals surface area contributed by atoms with Crippen molar-refractivity contribution in [1.29, 1.82) is 0 Å². The third kappa shape index (κ3) is 4.91. The molecule has 3 rings (SSSR count). The van der Waals surface area contributed by atoms with E-state index in [0.29, 0.717) is 37.2 Å². The largest absolute Gasteiger partial charge is 0.497 e. The summed E-state index contributed by atoms with van der Waals surface area (Å²) in [6, 6.07) is 7.27. The fourth-order valence-electron chi connectivity index (χ4n) is 3.53. The molecule has 7 nitrogen and oxygen atoms in total. The summed E-state index contributed by atoms with van der Waals surface area (Å²) in [7, 11) is 1.59. The number of imidazole rings is 1. The molecule has 2 amide bonds.